The quantitative estimate of drug-likeness (QED) is 0.748. The number of nitrogens with zero attached hydrogens (tertiary/aromatic N) is 1. The van der Waals surface area contributed by atoms with Gasteiger partial charge in [-0.05, 0) is 12.1 Å². The molecule has 0 unspecified atom stereocenters. The lowest BCUT2D eigenvalue weighted by Gasteiger charge is -2.27. The summed E-state index contributed by atoms with van der Waals surface area (Å²) in [7, 11) is 0. The Morgan fingerprint density at radius 1 is 1.19 bits per heavy atom. The van der Waals surface area contributed by atoms with Crippen molar-refractivity contribution >= 4 is 17.7 Å². The van der Waals surface area contributed by atoms with E-state index in [1.54, 1.807) is 24.3 Å². The van der Waals surface area contributed by atoms with Gasteiger partial charge in [-0.15, -0.1) is 0 Å². The SMILES string of the molecule is O=C(CCN1C(=O)c2ccccc2C1=O)NCC1CNC1. The van der Waals surface area contributed by atoms with Crippen LogP contribution in [0.2, 0.25) is 0 Å². The van der Waals surface area contributed by atoms with Crippen LogP contribution >= 0.6 is 0 Å². The number of carbonyl (C=O) groups excluding carboxylic acids is 3. The van der Waals surface area contributed by atoms with E-state index in [0.717, 1.165) is 18.0 Å². The fraction of sp³-hybridized carbons (Fsp3) is 0.400. The number of hydrogen-bond acceptors (Lipinski definition) is 4. The van der Waals surface area contributed by atoms with E-state index in [0.29, 0.717) is 23.6 Å². The van der Waals surface area contributed by atoms with Gasteiger partial charge in [0.25, 0.3) is 11.8 Å². The molecule has 1 fully saturated rings. The maximum atomic E-state index is 12.1. The van der Waals surface area contributed by atoms with Crippen LogP contribution in [0.3, 0.4) is 0 Å². The number of benzene rings is 1. The molecule has 2 N–H and O–H groups in total. The molecular formula is C15H17N3O3. The molecule has 0 aromatic heterocycles. The summed E-state index contributed by atoms with van der Waals surface area (Å²) in [4.78, 5) is 37.1. The summed E-state index contributed by atoms with van der Waals surface area (Å²) in [6.45, 7) is 2.63. The van der Waals surface area contributed by atoms with E-state index >= 15 is 0 Å². The Morgan fingerprint density at radius 3 is 2.33 bits per heavy atom. The molecule has 2 heterocycles. The highest BCUT2D eigenvalue weighted by Gasteiger charge is 2.34. The monoisotopic (exact) mass is 287 g/mol. The third kappa shape index (κ3) is 2.67. The lowest BCUT2D eigenvalue weighted by molar-refractivity contribution is -0.121. The lowest BCUT2D eigenvalue weighted by atomic mass is 10.0. The molecule has 3 rings (SSSR count). The summed E-state index contributed by atoms with van der Waals surface area (Å²) >= 11 is 0. The number of nitrogens with one attached hydrogen (secondary N) is 2. The zero-order valence-corrected chi connectivity index (χ0v) is 11.6. The normalized spacial score (nSPS) is 17.6. The zero-order chi connectivity index (χ0) is 14.8. The van der Waals surface area contributed by atoms with Crippen LogP contribution < -0.4 is 10.6 Å². The first-order valence-corrected chi connectivity index (χ1v) is 7.09. The minimum Gasteiger partial charge on any atom is -0.356 e. The molecule has 1 saturated heterocycles. The second kappa shape index (κ2) is 5.65. The van der Waals surface area contributed by atoms with E-state index < -0.39 is 0 Å². The summed E-state index contributed by atoms with van der Waals surface area (Å²) in [5.41, 5.74) is 0.840. The van der Waals surface area contributed by atoms with Crippen molar-refractivity contribution in [1.29, 1.82) is 0 Å². The predicted octanol–water partition coefficient (Wildman–Crippen LogP) is 0.00830. The third-order valence-electron chi connectivity index (χ3n) is 3.89. The largest absolute Gasteiger partial charge is 0.356 e. The van der Waals surface area contributed by atoms with Crippen LogP contribution in [-0.2, 0) is 4.79 Å². The molecule has 110 valence electrons. The molecule has 0 atom stereocenters. The first-order valence-electron chi connectivity index (χ1n) is 7.09. The van der Waals surface area contributed by atoms with Crippen molar-refractivity contribution in [2.24, 2.45) is 5.92 Å². The Kier molecular flexibility index (Phi) is 3.70. The molecule has 3 amide bonds. The number of hydrogen-bond donors (Lipinski definition) is 2. The molecule has 1 aromatic rings. The van der Waals surface area contributed by atoms with E-state index in [-0.39, 0.29) is 30.7 Å². The van der Waals surface area contributed by atoms with Gasteiger partial charge in [-0.1, -0.05) is 12.1 Å². The topological polar surface area (TPSA) is 78.5 Å². The van der Waals surface area contributed by atoms with Gasteiger partial charge in [-0.25, -0.2) is 0 Å². The van der Waals surface area contributed by atoms with Gasteiger partial charge in [0.05, 0.1) is 11.1 Å². The van der Waals surface area contributed by atoms with Gasteiger partial charge in [-0.2, -0.15) is 0 Å². The van der Waals surface area contributed by atoms with Gasteiger partial charge in [0, 0.05) is 38.5 Å². The summed E-state index contributed by atoms with van der Waals surface area (Å²) in [5, 5.41) is 5.97. The average molecular weight is 287 g/mol. The first-order chi connectivity index (χ1) is 10.2. The van der Waals surface area contributed by atoms with Crippen LogP contribution in [0, 0.1) is 5.92 Å². The van der Waals surface area contributed by atoms with Crippen LogP contribution in [0.5, 0.6) is 0 Å². The Balaban J connectivity index is 1.53. The molecule has 0 radical (unpaired) electrons. The minimum atomic E-state index is -0.313. The van der Waals surface area contributed by atoms with Crippen molar-refractivity contribution in [2.75, 3.05) is 26.2 Å². The number of carbonyl (C=O) groups is 3. The van der Waals surface area contributed by atoms with Crippen molar-refractivity contribution in [3.05, 3.63) is 35.4 Å². The first kappa shape index (κ1) is 13.8. The van der Waals surface area contributed by atoms with Crippen LogP contribution in [-0.4, -0.2) is 48.8 Å². The molecule has 6 nitrogen and oxygen atoms in total. The van der Waals surface area contributed by atoms with Gasteiger partial charge >= 0.3 is 0 Å². The van der Waals surface area contributed by atoms with Crippen LogP contribution in [0.1, 0.15) is 27.1 Å². The fourth-order valence-corrected chi connectivity index (χ4v) is 2.49. The van der Waals surface area contributed by atoms with E-state index in [4.69, 9.17) is 0 Å². The van der Waals surface area contributed by atoms with Gasteiger partial charge in [0.15, 0.2) is 0 Å². The Bertz CT molecular complexity index is 561. The molecule has 21 heavy (non-hydrogen) atoms. The number of imide groups is 1. The molecule has 0 spiro atoms. The minimum absolute atomic E-state index is 0.126. The molecule has 2 aliphatic heterocycles. The standard InChI is InChI=1S/C15H17N3O3/c19-13(17-9-10-7-16-8-10)5-6-18-14(20)11-3-1-2-4-12(11)15(18)21/h1-4,10,16H,5-9H2,(H,17,19). The number of rotatable bonds is 5. The Hall–Kier alpha value is -2.21. The Labute approximate surface area is 122 Å². The third-order valence-corrected chi connectivity index (χ3v) is 3.89. The lowest BCUT2D eigenvalue weighted by Crippen LogP contribution is -2.48. The highest BCUT2D eigenvalue weighted by molar-refractivity contribution is 6.21. The van der Waals surface area contributed by atoms with Crippen molar-refractivity contribution < 1.29 is 14.4 Å². The summed E-state index contributed by atoms with van der Waals surface area (Å²) in [5.74, 6) is -0.259. The van der Waals surface area contributed by atoms with Gasteiger partial charge < -0.3 is 10.6 Å². The molecule has 1 aromatic carbocycles. The highest BCUT2D eigenvalue weighted by atomic mass is 16.2. The molecule has 6 heteroatoms. The summed E-state index contributed by atoms with van der Waals surface area (Å²) < 4.78 is 0. The van der Waals surface area contributed by atoms with Crippen LogP contribution in [0.15, 0.2) is 24.3 Å². The van der Waals surface area contributed by atoms with Gasteiger partial charge in [0.1, 0.15) is 0 Å². The van der Waals surface area contributed by atoms with E-state index in [1.165, 1.54) is 0 Å². The van der Waals surface area contributed by atoms with E-state index in [9.17, 15) is 14.4 Å². The molecule has 0 saturated carbocycles. The highest BCUT2D eigenvalue weighted by Crippen LogP contribution is 2.22. The summed E-state index contributed by atoms with van der Waals surface area (Å²) in [6, 6.07) is 6.73. The average Bonchev–Trinajstić information content (AvgIpc) is 2.68. The number of fused-ring (bicyclic) bond motifs is 1. The maximum Gasteiger partial charge on any atom is 0.261 e. The van der Waals surface area contributed by atoms with Gasteiger partial charge in [-0.3, -0.25) is 19.3 Å². The van der Waals surface area contributed by atoms with Crippen molar-refractivity contribution in [3.8, 4) is 0 Å². The van der Waals surface area contributed by atoms with Crippen molar-refractivity contribution in [3.63, 3.8) is 0 Å². The van der Waals surface area contributed by atoms with Crippen molar-refractivity contribution in [2.45, 2.75) is 6.42 Å². The van der Waals surface area contributed by atoms with Gasteiger partial charge in [0.2, 0.25) is 5.91 Å². The maximum absolute atomic E-state index is 12.1. The van der Waals surface area contributed by atoms with E-state index in [1.807, 2.05) is 0 Å². The smallest absolute Gasteiger partial charge is 0.261 e. The predicted molar refractivity (Wildman–Crippen MR) is 75.8 cm³/mol. The second-order valence-electron chi connectivity index (χ2n) is 5.39. The van der Waals surface area contributed by atoms with E-state index in [2.05, 4.69) is 10.6 Å². The van der Waals surface area contributed by atoms with Crippen LogP contribution in [0.4, 0.5) is 0 Å². The number of amides is 3. The molecule has 0 aliphatic carbocycles. The molecular weight excluding hydrogens is 270 g/mol. The second-order valence-corrected chi connectivity index (χ2v) is 5.39. The molecule has 0 bridgehead atoms. The molecule has 2 aliphatic rings. The zero-order valence-electron chi connectivity index (χ0n) is 11.6. The van der Waals surface area contributed by atoms with Crippen molar-refractivity contribution in [1.82, 2.24) is 15.5 Å². The van der Waals surface area contributed by atoms with Crippen LogP contribution in [0.25, 0.3) is 0 Å². The fourth-order valence-electron chi connectivity index (χ4n) is 2.49. The Morgan fingerprint density at radius 2 is 1.81 bits per heavy atom. The summed E-state index contributed by atoms with van der Waals surface area (Å²) in [6.07, 6.45) is 0.144.